The van der Waals surface area contributed by atoms with Crippen LogP contribution in [0.3, 0.4) is 0 Å². The maximum Gasteiger partial charge on any atom is 0.417 e. The van der Waals surface area contributed by atoms with Crippen molar-refractivity contribution in [3.8, 4) is 0 Å². The van der Waals surface area contributed by atoms with E-state index in [0.29, 0.717) is 55.4 Å². The normalized spacial score (nSPS) is 23.2. The SMILES string of the molecule is CC1CNC(=O)[C@H]1c1ccc(C(=O)N2CCN(c3ncc(C(F)(F)F)cc3C3CC3)CC2)cn1. The van der Waals surface area contributed by atoms with Crippen LogP contribution in [0.4, 0.5) is 19.0 Å². The van der Waals surface area contributed by atoms with Crippen LogP contribution in [0.25, 0.3) is 0 Å². The molecule has 7 nitrogen and oxygen atoms in total. The van der Waals surface area contributed by atoms with E-state index >= 15 is 0 Å². The first kappa shape index (κ1) is 22.6. The van der Waals surface area contributed by atoms with Crippen molar-refractivity contribution in [2.75, 3.05) is 37.6 Å². The van der Waals surface area contributed by atoms with Crippen molar-refractivity contribution < 1.29 is 22.8 Å². The first-order valence-corrected chi connectivity index (χ1v) is 11.6. The van der Waals surface area contributed by atoms with Gasteiger partial charge in [-0.05, 0) is 48.4 Å². The number of nitrogens with one attached hydrogen (secondary N) is 1. The van der Waals surface area contributed by atoms with Crippen molar-refractivity contribution in [2.45, 2.75) is 37.8 Å². The van der Waals surface area contributed by atoms with E-state index in [2.05, 4.69) is 15.3 Å². The highest BCUT2D eigenvalue weighted by Gasteiger charge is 2.37. The zero-order valence-corrected chi connectivity index (χ0v) is 18.8. The fourth-order valence-corrected chi connectivity index (χ4v) is 4.78. The summed E-state index contributed by atoms with van der Waals surface area (Å²) >= 11 is 0. The van der Waals surface area contributed by atoms with Gasteiger partial charge >= 0.3 is 6.18 Å². The minimum atomic E-state index is -4.41. The van der Waals surface area contributed by atoms with Gasteiger partial charge in [-0.2, -0.15) is 13.2 Å². The van der Waals surface area contributed by atoms with Crippen molar-refractivity contribution >= 4 is 17.6 Å². The van der Waals surface area contributed by atoms with Gasteiger partial charge in [0.05, 0.1) is 22.7 Å². The number of hydrogen-bond acceptors (Lipinski definition) is 5. The van der Waals surface area contributed by atoms with Crippen LogP contribution in [0.15, 0.2) is 30.6 Å². The third kappa shape index (κ3) is 4.33. The molecule has 5 rings (SSSR count). The summed E-state index contributed by atoms with van der Waals surface area (Å²) in [4.78, 5) is 37.3. The molecule has 3 fully saturated rings. The molecule has 1 saturated carbocycles. The van der Waals surface area contributed by atoms with E-state index in [1.54, 1.807) is 17.0 Å². The maximum absolute atomic E-state index is 13.2. The Morgan fingerprint density at radius 3 is 2.38 bits per heavy atom. The van der Waals surface area contributed by atoms with Crippen LogP contribution in [-0.4, -0.2) is 59.4 Å². The maximum atomic E-state index is 13.2. The number of alkyl halides is 3. The number of carbonyl (C=O) groups is 2. The van der Waals surface area contributed by atoms with Gasteiger partial charge in [0.2, 0.25) is 5.91 Å². The highest BCUT2D eigenvalue weighted by Crippen LogP contribution is 2.45. The van der Waals surface area contributed by atoms with Crippen molar-refractivity contribution in [2.24, 2.45) is 5.92 Å². The molecule has 1 N–H and O–H groups in total. The van der Waals surface area contributed by atoms with Gasteiger partial charge in [0.15, 0.2) is 0 Å². The zero-order chi connectivity index (χ0) is 24.0. The molecule has 3 aliphatic rings. The minimum Gasteiger partial charge on any atom is -0.355 e. The summed E-state index contributed by atoms with van der Waals surface area (Å²) in [5.74, 6) is 0.373. The zero-order valence-electron chi connectivity index (χ0n) is 18.8. The van der Waals surface area contributed by atoms with Gasteiger partial charge < -0.3 is 15.1 Å². The van der Waals surface area contributed by atoms with Crippen molar-refractivity contribution in [3.05, 3.63) is 53.0 Å². The molecule has 2 saturated heterocycles. The summed E-state index contributed by atoms with van der Waals surface area (Å²) in [5.41, 5.74) is 1.05. The highest BCUT2D eigenvalue weighted by atomic mass is 19.4. The van der Waals surface area contributed by atoms with Crippen molar-refractivity contribution in [1.82, 2.24) is 20.2 Å². The van der Waals surface area contributed by atoms with Gasteiger partial charge in [-0.3, -0.25) is 14.6 Å². The van der Waals surface area contributed by atoms with Gasteiger partial charge in [0, 0.05) is 45.1 Å². The van der Waals surface area contributed by atoms with E-state index in [9.17, 15) is 22.8 Å². The Kier molecular flexibility index (Phi) is 5.69. The highest BCUT2D eigenvalue weighted by molar-refractivity contribution is 5.94. The molecule has 180 valence electrons. The largest absolute Gasteiger partial charge is 0.417 e. The van der Waals surface area contributed by atoms with Crippen LogP contribution in [0.2, 0.25) is 0 Å². The molecular formula is C24H26F3N5O2. The summed E-state index contributed by atoms with van der Waals surface area (Å²) < 4.78 is 39.5. The Labute approximate surface area is 195 Å². The Morgan fingerprint density at radius 2 is 1.82 bits per heavy atom. The predicted molar refractivity (Wildman–Crippen MR) is 118 cm³/mol. The molecule has 0 bridgehead atoms. The van der Waals surface area contributed by atoms with E-state index in [-0.39, 0.29) is 29.6 Å². The number of aromatic nitrogens is 2. The van der Waals surface area contributed by atoms with Gasteiger partial charge in [-0.25, -0.2) is 4.98 Å². The Balaban J connectivity index is 1.25. The molecule has 0 aromatic carbocycles. The van der Waals surface area contributed by atoms with Crippen molar-refractivity contribution in [3.63, 3.8) is 0 Å². The molecule has 2 amide bonds. The monoisotopic (exact) mass is 473 g/mol. The van der Waals surface area contributed by atoms with Crippen LogP contribution < -0.4 is 10.2 Å². The first-order valence-electron chi connectivity index (χ1n) is 11.6. The third-order valence-electron chi connectivity index (χ3n) is 6.91. The molecule has 34 heavy (non-hydrogen) atoms. The molecular weight excluding hydrogens is 447 g/mol. The van der Waals surface area contributed by atoms with Gasteiger partial charge in [0.1, 0.15) is 5.82 Å². The van der Waals surface area contributed by atoms with Gasteiger partial charge in [-0.15, -0.1) is 0 Å². The van der Waals surface area contributed by atoms with Crippen LogP contribution in [0.5, 0.6) is 0 Å². The fourth-order valence-electron chi connectivity index (χ4n) is 4.78. The quantitative estimate of drug-likeness (QED) is 0.738. The molecule has 10 heteroatoms. The number of halogens is 3. The van der Waals surface area contributed by atoms with Crippen LogP contribution in [-0.2, 0) is 11.0 Å². The topological polar surface area (TPSA) is 78.4 Å². The lowest BCUT2D eigenvalue weighted by atomic mass is 9.93. The number of pyridine rings is 2. The van der Waals surface area contributed by atoms with E-state index in [0.717, 1.165) is 19.0 Å². The molecule has 4 heterocycles. The third-order valence-corrected chi connectivity index (χ3v) is 6.91. The Hall–Kier alpha value is -3.17. The summed E-state index contributed by atoms with van der Waals surface area (Å²) in [6, 6.07) is 4.68. The van der Waals surface area contributed by atoms with Gasteiger partial charge in [0.25, 0.3) is 5.91 Å². The van der Waals surface area contributed by atoms with Crippen molar-refractivity contribution in [1.29, 1.82) is 0 Å². The average Bonchev–Trinajstić information content (AvgIpc) is 3.62. The number of anilines is 1. The summed E-state index contributed by atoms with van der Waals surface area (Å²) in [6.45, 7) is 4.48. The second kappa shape index (κ2) is 8.56. The van der Waals surface area contributed by atoms with Crippen LogP contribution in [0.1, 0.15) is 58.8 Å². The molecule has 2 aromatic rings. The van der Waals surface area contributed by atoms with Crippen LogP contribution >= 0.6 is 0 Å². The molecule has 2 aliphatic heterocycles. The Bertz CT molecular complexity index is 1090. The number of piperazine rings is 1. The van der Waals surface area contributed by atoms with Gasteiger partial charge in [-0.1, -0.05) is 6.92 Å². The second-order valence-corrected chi connectivity index (χ2v) is 9.36. The van der Waals surface area contributed by atoms with E-state index in [1.165, 1.54) is 12.3 Å². The smallest absolute Gasteiger partial charge is 0.355 e. The summed E-state index contributed by atoms with van der Waals surface area (Å²) in [5, 5.41) is 2.83. The minimum absolute atomic E-state index is 0.0439. The lowest BCUT2D eigenvalue weighted by molar-refractivity contribution is -0.137. The second-order valence-electron chi connectivity index (χ2n) is 9.36. The lowest BCUT2D eigenvalue weighted by Gasteiger charge is -2.36. The molecule has 1 unspecified atom stereocenters. The van der Waals surface area contributed by atoms with Crippen LogP contribution in [0, 0.1) is 5.92 Å². The molecule has 2 atom stereocenters. The number of rotatable bonds is 4. The predicted octanol–water partition coefficient (Wildman–Crippen LogP) is 3.18. The number of hydrogen-bond donors (Lipinski definition) is 1. The number of carbonyl (C=O) groups excluding carboxylic acids is 2. The molecule has 1 aliphatic carbocycles. The van der Waals surface area contributed by atoms with E-state index < -0.39 is 11.7 Å². The first-order chi connectivity index (χ1) is 16.2. The standard InChI is InChI=1S/C24H26F3N5O2/c1-14-11-30-22(33)20(14)19-5-4-16(12-28-19)23(34)32-8-6-31(7-9-32)21-18(15-2-3-15)10-17(13-29-21)24(25,26)27/h4-5,10,12-15,20H,2-3,6-9,11H2,1H3,(H,30,33)/t14?,20-/m1/s1. The summed E-state index contributed by atoms with van der Waals surface area (Å²) in [6.07, 6.45) is -0.247. The van der Waals surface area contributed by atoms with E-state index in [4.69, 9.17) is 0 Å². The number of nitrogens with zero attached hydrogens (tertiary/aromatic N) is 4. The fraction of sp³-hybridized carbons (Fsp3) is 0.500. The molecule has 2 aromatic heterocycles. The summed E-state index contributed by atoms with van der Waals surface area (Å²) in [7, 11) is 0. The average molecular weight is 473 g/mol. The number of amides is 2. The Morgan fingerprint density at radius 1 is 1.09 bits per heavy atom. The molecule has 0 radical (unpaired) electrons. The molecule has 0 spiro atoms. The lowest BCUT2D eigenvalue weighted by Crippen LogP contribution is -2.49. The van der Waals surface area contributed by atoms with E-state index in [1.807, 2.05) is 11.8 Å².